The molecule has 14 nitrogen and oxygen atoms in total. The maximum Gasteiger partial charge on any atom is 0.475 e. The van der Waals surface area contributed by atoms with Gasteiger partial charge in [-0.3, -0.25) is 18.1 Å². The minimum atomic E-state index is -4.22. The number of phosphoric acid groups is 1. The average Bonchev–Trinajstić information content (AvgIpc) is 3.04. The van der Waals surface area contributed by atoms with Gasteiger partial charge in [-0.05, 0) is 29.3 Å². The summed E-state index contributed by atoms with van der Waals surface area (Å²) in [5.41, 5.74) is 12.0. The quantitative estimate of drug-likeness (QED) is 0.221. The van der Waals surface area contributed by atoms with E-state index >= 15 is 0 Å². The third-order valence-corrected chi connectivity index (χ3v) is 6.97. The first-order chi connectivity index (χ1) is 16.2. The Kier molecular flexibility index (Phi) is 6.97. The summed E-state index contributed by atoms with van der Waals surface area (Å²) >= 11 is 6.01. The molecule has 4 N–H and O–H groups in total. The highest BCUT2D eigenvalue weighted by atomic mass is 35.5. The van der Waals surface area contributed by atoms with Crippen LogP contribution in [-0.2, 0) is 22.9 Å². The molecule has 16 heteroatoms. The number of azide groups is 1. The predicted molar refractivity (Wildman–Crippen MR) is 116 cm³/mol. The highest BCUT2D eigenvalue weighted by Crippen LogP contribution is 2.58. The Morgan fingerprint density at radius 3 is 2.94 bits per heavy atom. The van der Waals surface area contributed by atoms with E-state index in [9.17, 15) is 19.6 Å². The van der Waals surface area contributed by atoms with Gasteiger partial charge < -0.3 is 20.7 Å². The van der Waals surface area contributed by atoms with E-state index in [0.717, 1.165) is 4.57 Å². The number of nitrogen functional groups attached to an aromatic ring is 1. The largest absolute Gasteiger partial charge is 0.475 e. The van der Waals surface area contributed by atoms with E-state index in [1.807, 2.05) is 0 Å². The number of anilines is 1. The lowest BCUT2D eigenvalue weighted by Crippen LogP contribution is -2.45. The van der Waals surface area contributed by atoms with Gasteiger partial charge in [0.25, 0.3) is 0 Å². The SMILES string of the molecule is [N-]=[N+]=N[C@]1(CO[P@@]2(=O)OCC[C@@H](c3cccc(Cl)c3)O2)OC(n2ccc(N)nc2=O)[C@H](O)[C@@H]1O. The summed E-state index contributed by atoms with van der Waals surface area (Å²) in [5.74, 6) is -0.0714. The third-order valence-electron chi connectivity index (χ3n) is 5.28. The van der Waals surface area contributed by atoms with Crippen LogP contribution in [0.1, 0.15) is 24.3 Å². The van der Waals surface area contributed by atoms with Crippen LogP contribution in [0.2, 0.25) is 5.02 Å². The van der Waals surface area contributed by atoms with Crippen molar-refractivity contribution in [2.75, 3.05) is 18.9 Å². The minimum absolute atomic E-state index is 0.0180. The smallest absolute Gasteiger partial charge is 0.387 e. The number of hydrogen-bond donors (Lipinski definition) is 3. The monoisotopic (exact) mass is 514 g/mol. The first-order valence-corrected chi connectivity index (χ1v) is 11.8. The lowest BCUT2D eigenvalue weighted by Gasteiger charge is -2.32. The lowest BCUT2D eigenvalue weighted by molar-refractivity contribution is -0.126. The summed E-state index contributed by atoms with van der Waals surface area (Å²) in [4.78, 5) is 18.3. The molecular formula is C18H20ClN6O8P. The Morgan fingerprint density at radius 2 is 2.24 bits per heavy atom. The molecule has 1 unspecified atom stereocenters. The van der Waals surface area contributed by atoms with Gasteiger partial charge in [-0.15, -0.1) is 0 Å². The molecule has 0 saturated carbocycles. The van der Waals surface area contributed by atoms with Crippen LogP contribution in [-0.4, -0.2) is 50.9 Å². The zero-order valence-electron chi connectivity index (χ0n) is 17.4. The van der Waals surface area contributed by atoms with Crippen molar-refractivity contribution in [3.8, 4) is 0 Å². The molecule has 182 valence electrons. The van der Waals surface area contributed by atoms with Crippen molar-refractivity contribution in [2.24, 2.45) is 5.11 Å². The number of rotatable bonds is 6. The first-order valence-electron chi connectivity index (χ1n) is 9.94. The van der Waals surface area contributed by atoms with Gasteiger partial charge in [-0.2, -0.15) is 4.98 Å². The second kappa shape index (κ2) is 9.62. The molecule has 2 saturated heterocycles. The topological polar surface area (TPSA) is 204 Å². The Labute approximate surface area is 197 Å². The Balaban J connectivity index is 1.55. The number of benzene rings is 1. The van der Waals surface area contributed by atoms with Crippen LogP contribution in [0.3, 0.4) is 0 Å². The standard InChI is InChI=1S/C18H20ClN6O8P/c19-11-3-1-2-10(8-11)12-5-7-30-34(29,33-12)31-9-18(23-24-21)15(27)14(26)16(32-18)25-6-4-13(20)22-17(25)28/h1-4,6,8,12,14-16,26-27H,5,7,9H2,(H2,20,22,28)/t12-,14+,15-,16?,18+,34+/m0/s1. The van der Waals surface area contributed by atoms with Crippen molar-refractivity contribution in [3.63, 3.8) is 0 Å². The van der Waals surface area contributed by atoms with Gasteiger partial charge in [0.2, 0.25) is 5.72 Å². The number of halogens is 1. The zero-order chi connectivity index (χ0) is 24.5. The van der Waals surface area contributed by atoms with E-state index in [1.54, 1.807) is 24.3 Å². The summed E-state index contributed by atoms with van der Waals surface area (Å²) in [6.07, 6.45) is -4.26. The second-order valence-electron chi connectivity index (χ2n) is 7.51. The number of hydrogen-bond acceptors (Lipinski definition) is 11. The van der Waals surface area contributed by atoms with E-state index in [2.05, 4.69) is 15.0 Å². The first kappa shape index (κ1) is 24.6. The molecule has 2 aliphatic rings. The number of aliphatic hydroxyl groups is 2. The maximum atomic E-state index is 13.1. The molecule has 34 heavy (non-hydrogen) atoms. The van der Waals surface area contributed by atoms with Crippen LogP contribution in [0.15, 0.2) is 46.4 Å². The maximum absolute atomic E-state index is 13.1. The van der Waals surface area contributed by atoms with Gasteiger partial charge in [0.15, 0.2) is 6.23 Å². The van der Waals surface area contributed by atoms with Crippen molar-refractivity contribution >= 4 is 25.2 Å². The summed E-state index contributed by atoms with van der Waals surface area (Å²) in [6, 6.07) is 8.03. The highest BCUT2D eigenvalue weighted by molar-refractivity contribution is 7.48. The van der Waals surface area contributed by atoms with Crippen molar-refractivity contribution in [3.05, 3.63) is 68.0 Å². The lowest BCUT2D eigenvalue weighted by atomic mass is 10.1. The van der Waals surface area contributed by atoms with Crippen LogP contribution in [0, 0.1) is 0 Å². The van der Waals surface area contributed by atoms with Crippen LogP contribution < -0.4 is 11.4 Å². The van der Waals surface area contributed by atoms with Crippen molar-refractivity contribution in [1.29, 1.82) is 0 Å². The Bertz CT molecular complexity index is 1220. The highest BCUT2D eigenvalue weighted by Gasteiger charge is 2.56. The molecule has 2 fully saturated rings. The summed E-state index contributed by atoms with van der Waals surface area (Å²) < 4.78 is 35.6. The van der Waals surface area contributed by atoms with E-state index < -0.39 is 50.4 Å². The number of ether oxygens (including phenoxy) is 1. The van der Waals surface area contributed by atoms with Gasteiger partial charge in [-0.25, -0.2) is 9.36 Å². The molecule has 6 atom stereocenters. The molecule has 0 aliphatic carbocycles. The van der Waals surface area contributed by atoms with Crippen LogP contribution in [0.4, 0.5) is 5.82 Å². The Hall–Kier alpha value is -2.51. The number of nitrogens with zero attached hydrogens (tertiary/aromatic N) is 5. The second-order valence-corrected chi connectivity index (χ2v) is 9.57. The van der Waals surface area contributed by atoms with Crippen molar-refractivity contribution in [1.82, 2.24) is 9.55 Å². The van der Waals surface area contributed by atoms with Crippen molar-refractivity contribution in [2.45, 2.75) is 36.7 Å². The number of nitrogens with two attached hydrogens (primary N) is 1. The fraction of sp³-hybridized carbons (Fsp3) is 0.444. The molecule has 0 amide bonds. The van der Waals surface area contributed by atoms with E-state index in [1.165, 1.54) is 12.3 Å². The Morgan fingerprint density at radius 1 is 1.44 bits per heavy atom. The van der Waals surface area contributed by atoms with E-state index in [4.69, 9.17) is 41.2 Å². The van der Waals surface area contributed by atoms with Gasteiger partial charge in [0.1, 0.15) is 18.0 Å². The van der Waals surface area contributed by atoms with Gasteiger partial charge >= 0.3 is 13.5 Å². The third kappa shape index (κ3) is 4.82. The zero-order valence-corrected chi connectivity index (χ0v) is 19.0. The number of aliphatic hydroxyl groups excluding tert-OH is 2. The summed E-state index contributed by atoms with van der Waals surface area (Å²) in [7, 11) is -4.22. The summed E-state index contributed by atoms with van der Waals surface area (Å²) in [6.45, 7) is -0.813. The average molecular weight is 515 g/mol. The van der Waals surface area contributed by atoms with Gasteiger partial charge in [0.05, 0.1) is 19.3 Å². The predicted octanol–water partition coefficient (Wildman–Crippen LogP) is 2.04. The summed E-state index contributed by atoms with van der Waals surface area (Å²) in [5, 5.41) is 25.0. The molecule has 1 aromatic heterocycles. The molecule has 1 aromatic carbocycles. The fourth-order valence-electron chi connectivity index (χ4n) is 3.60. The molecule has 0 radical (unpaired) electrons. The fourth-order valence-corrected chi connectivity index (χ4v) is 5.21. The molecular weight excluding hydrogens is 495 g/mol. The van der Waals surface area contributed by atoms with Gasteiger partial charge in [0, 0.05) is 22.6 Å². The van der Waals surface area contributed by atoms with Gasteiger partial charge in [-0.1, -0.05) is 28.8 Å². The normalized spacial score (nSPS) is 33.4. The number of aromatic nitrogens is 2. The molecule has 2 aromatic rings. The van der Waals surface area contributed by atoms with Crippen LogP contribution in [0.25, 0.3) is 10.4 Å². The minimum Gasteiger partial charge on any atom is -0.387 e. The van der Waals surface area contributed by atoms with E-state index in [-0.39, 0.29) is 12.4 Å². The van der Waals surface area contributed by atoms with Crippen molar-refractivity contribution < 1.29 is 33.1 Å². The van der Waals surface area contributed by atoms with Crippen LogP contribution >= 0.6 is 19.4 Å². The molecule has 0 spiro atoms. The van der Waals surface area contributed by atoms with Crippen LogP contribution in [0.5, 0.6) is 0 Å². The number of phosphoric ester groups is 1. The molecule has 4 rings (SSSR count). The van der Waals surface area contributed by atoms with E-state index in [0.29, 0.717) is 17.0 Å². The molecule has 2 aliphatic heterocycles. The molecule has 0 bridgehead atoms. The molecule has 3 heterocycles.